The number of carboxylic acid groups (broad SMARTS) is 1. The summed E-state index contributed by atoms with van der Waals surface area (Å²) in [6.07, 6.45) is -1.01. The summed E-state index contributed by atoms with van der Waals surface area (Å²) in [5.74, 6) is -1.57. The van der Waals surface area contributed by atoms with E-state index in [2.05, 4.69) is 20.9 Å². The van der Waals surface area contributed by atoms with Crippen LogP contribution in [0.2, 0.25) is 0 Å². The molecular weight excluding hydrogens is 272 g/mol. The van der Waals surface area contributed by atoms with Crippen LogP contribution in [0.15, 0.2) is 16.9 Å². The van der Waals surface area contributed by atoms with E-state index in [1.54, 1.807) is 0 Å². The molecule has 0 spiro atoms. The van der Waals surface area contributed by atoms with Crippen LogP contribution in [0.3, 0.4) is 0 Å². The van der Waals surface area contributed by atoms with Crippen molar-refractivity contribution in [3.8, 4) is 0 Å². The van der Waals surface area contributed by atoms with E-state index in [4.69, 9.17) is 10.2 Å². The van der Waals surface area contributed by atoms with Gasteiger partial charge in [-0.15, -0.1) is 0 Å². The van der Waals surface area contributed by atoms with Crippen LogP contribution in [0, 0.1) is 10.1 Å². The monoisotopic (exact) mass is 276 g/mol. The minimum atomic E-state index is -1.95. The maximum absolute atomic E-state index is 10.6. The van der Waals surface area contributed by atoms with Crippen molar-refractivity contribution in [3.05, 3.63) is 32.5 Å². The Morgan fingerprint density at radius 1 is 1.67 bits per heavy atom. The second-order valence-corrected chi connectivity index (χ2v) is 3.38. The molecule has 0 radical (unpaired) electrons. The molecule has 0 aromatic carbocycles. The minimum absolute atomic E-state index is 0.190. The number of nitrogens with zero attached hydrogens (tertiary/aromatic N) is 2. The highest BCUT2D eigenvalue weighted by molar-refractivity contribution is 9.10. The fourth-order valence-corrected chi connectivity index (χ4v) is 1.25. The lowest BCUT2D eigenvalue weighted by Crippen LogP contribution is -2.12. The van der Waals surface area contributed by atoms with Crippen molar-refractivity contribution >= 4 is 27.6 Å². The van der Waals surface area contributed by atoms with Crippen molar-refractivity contribution < 1.29 is 19.9 Å². The average Bonchev–Trinajstić information content (AvgIpc) is 2.16. The first-order chi connectivity index (χ1) is 6.93. The third-order valence-electron chi connectivity index (χ3n) is 1.60. The van der Waals surface area contributed by atoms with Crippen LogP contribution in [-0.4, -0.2) is 26.1 Å². The van der Waals surface area contributed by atoms with Gasteiger partial charge in [0.15, 0.2) is 6.10 Å². The summed E-state index contributed by atoms with van der Waals surface area (Å²) in [5.41, 5.74) is -0.845. The van der Waals surface area contributed by atoms with Crippen LogP contribution >= 0.6 is 15.9 Å². The van der Waals surface area contributed by atoms with Gasteiger partial charge < -0.3 is 10.2 Å². The van der Waals surface area contributed by atoms with E-state index >= 15 is 0 Å². The van der Waals surface area contributed by atoms with E-state index in [1.807, 2.05) is 0 Å². The molecule has 1 atom stereocenters. The Kier molecular flexibility index (Phi) is 3.32. The highest BCUT2D eigenvalue weighted by Crippen LogP contribution is 2.26. The maximum Gasteiger partial charge on any atom is 0.337 e. The second kappa shape index (κ2) is 4.32. The molecule has 1 aromatic heterocycles. The van der Waals surface area contributed by atoms with Gasteiger partial charge >= 0.3 is 5.97 Å². The van der Waals surface area contributed by atoms with Gasteiger partial charge in [0.1, 0.15) is 4.60 Å². The number of carboxylic acids is 1. The van der Waals surface area contributed by atoms with Crippen LogP contribution in [-0.2, 0) is 4.79 Å². The first-order valence-electron chi connectivity index (χ1n) is 3.64. The SMILES string of the molecule is O=C(O)C(O)c1cnc(Br)cc1[N+](=O)[O-]. The number of halogens is 1. The molecule has 0 bridgehead atoms. The van der Waals surface area contributed by atoms with Gasteiger partial charge in [-0.25, -0.2) is 9.78 Å². The smallest absolute Gasteiger partial charge is 0.337 e. The van der Waals surface area contributed by atoms with Gasteiger partial charge in [-0.2, -0.15) is 0 Å². The lowest BCUT2D eigenvalue weighted by molar-refractivity contribution is -0.386. The van der Waals surface area contributed by atoms with Gasteiger partial charge in [-0.3, -0.25) is 10.1 Å². The Balaban J connectivity index is 3.28. The first-order valence-corrected chi connectivity index (χ1v) is 4.43. The highest BCUT2D eigenvalue weighted by atomic mass is 79.9. The topological polar surface area (TPSA) is 114 Å². The van der Waals surface area contributed by atoms with Gasteiger partial charge in [-0.05, 0) is 15.9 Å². The molecule has 0 aliphatic rings. The number of aromatic nitrogens is 1. The lowest BCUT2D eigenvalue weighted by atomic mass is 10.1. The van der Waals surface area contributed by atoms with Crippen molar-refractivity contribution in [2.24, 2.45) is 0 Å². The summed E-state index contributed by atoms with van der Waals surface area (Å²) < 4.78 is 0.190. The number of carbonyl (C=O) groups is 1. The molecule has 1 heterocycles. The number of nitro groups is 1. The zero-order valence-electron chi connectivity index (χ0n) is 7.12. The molecule has 1 unspecified atom stereocenters. The fraction of sp³-hybridized carbons (Fsp3) is 0.143. The molecule has 0 aliphatic carbocycles. The highest BCUT2D eigenvalue weighted by Gasteiger charge is 2.26. The molecule has 0 saturated carbocycles. The van der Waals surface area contributed by atoms with Crippen molar-refractivity contribution in [1.82, 2.24) is 4.98 Å². The number of hydrogen-bond acceptors (Lipinski definition) is 5. The summed E-state index contributed by atoms with van der Waals surface area (Å²) in [6, 6.07) is 1.03. The third kappa shape index (κ3) is 2.48. The first kappa shape index (κ1) is 11.5. The molecule has 1 aromatic rings. The normalized spacial score (nSPS) is 12.1. The van der Waals surface area contributed by atoms with Crippen LogP contribution in [0.25, 0.3) is 0 Å². The van der Waals surface area contributed by atoms with Gasteiger partial charge in [0, 0.05) is 12.3 Å². The number of aliphatic carboxylic acids is 1. The van der Waals surface area contributed by atoms with Gasteiger partial charge in [0.05, 0.1) is 10.5 Å². The molecule has 0 fully saturated rings. The third-order valence-corrected chi connectivity index (χ3v) is 2.04. The van der Waals surface area contributed by atoms with Crippen molar-refractivity contribution in [2.45, 2.75) is 6.10 Å². The predicted octanol–water partition coefficient (Wildman–Crippen LogP) is 0.870. The summed E-state index contributed by atoms with van der Waals surface area (Å²) in [5, 5.41) is 28.2. The zero-order valence-corrected chi connectivity index (χ0v) is 8.71. The second-order valence-electron chi connectivity index (χ2n) is 2.56. The van der Waals surface area contributed by atoms with Crippen LogP contribution in [0.1, 0.15) is 11.7 Å². The summed E-state index contributed by atoms with van der Waals surface area (Å²) in [6.45, 7) is 0. The van der Waals surface area contributed by atoms with E-state index in [0.29, 0.717) is 0 Å². The van der Waals surface area contributed by atoms with E-state index in [1.165, 1.54) is 0 Å². The van der Waals surface area contributed by atoms with E-state index in [9.17, 15) is 14.9 Å². The van der Waals surface area contributed by atoms with Gasteiger partial charge in [0.2, 0.25) is 0 Å². The Bertz CT molecular complexity index is 422. The molecule has 8 heteroatoms. The number of pyridine rings is 1. The fourth-order valence-electron chi connectivity index (χ4n) is 0.933. The lowest BCUT2D eigenvalue weighted by Gasteiger charge is -2.05. The quantitative estimate of drug-likeness (QED) is 0.481. The standard InChI is InChI=1S/C7H5BrN2O5/c8-5-1-4(10(14)15)3(2-9-5)6(11)7(12)13/h1-2,6,11H,(H,12,13). The summed E-state index contributed by atoms with van der Waals surface area (Å²) in [4.78, 5) is 23.8. The van der Waals surface area contributed by atoms with Gasteiger partial charge in [-0.1, -0.05) is 0 Å². The zero-order chi connectivity index (χ0) is 11.6. The Morgan fingerprint density at radius 2 is 2.27 bits per heavy atom. The molecule has 0 amide bonds. The molecule has 1 rings (SSSR count). The molecule has 15 heavy (non-hydrogen) atoms. The largest absolute Gasteiger partial charge is 0.479 e. The molecule has 0 aliphatic heterocycles. The Hall–Kier alpha value is -1.54. The molecule has 2 N–H and O–H groups in total. The summed E-state index contributed by atoms with van der Waals surface area (Å²) in [7, 11) is 0. The van der Waals surface area contributed by atoms with E-state index < -0.39 is 22.7 Å². The predicted molar refractivity (Wildman–Crippen MR) is 51.2 cm³/mol. The number of aliphatic hydroxyl groups is 1. The maximum atomic E-state index is 10.6. The number of aliphatic hydroxyl groups excluding tert-OH is 1. The van der Waals surface area contributed by atoms with Crippen LogP contribution < -0.4 is 0 Å². The van der Waals surface area contributed by atoms with Crippen molar-refractivity contribution in [1.29, 1.82) is 0 Å². The molecule has 0 saturated heterocycles. The summed E-state index contributed by atoms with van der Waals surface area (Å²) >= 11 is 2.91. The average molecular weight is 277 g/mol. The molecule has 7 nitrogen and oxygen atoms in total. The Morgan fingerprint density at radius 3 is 2.73 bits per heavy atom. The molecular formula is C7H5BrN2O5. The minimum Gasteiger partial charge on any atom is -0.479 e. The van der Waals surface area contributed by atoms with Crippen LogP contribution in [0.5, 0.6) is 0 Å². The van der Waals surface area contributed by atoms with Crippen molar-refractivity contribution in [2.75, 3.05) is 0 Å². The Labute approximate surface area is 91.7 Å². The van der Waals surface area contributed by atoms with E-state index in [-0.39, 0.29) is 10.2 Å². The number of hydrogen-bond donors (Lipinski definition) is 2. The molecule has 80 valence electrons. The number of rotatable bonds is 3. The van der Waals surface area contributed by atoms with E-state index in [0.717, 1.165) is 12.3 Å². The van der Waals surface area contributed by atoms with Crippen LogP contribution in [0.4, 0.5) is 5.69 Å². The van der Waals surface area contributed by atoms with Crippen molar-refractivity contribution in [3.63, 3.8) is 0 Å². The van der Waals surface area contributed by atoms with Gasteiger partial charge in [0.25, 0.3) is 5.69 Å².